The first kappa shape index (κ1) is 23.0. The fourth-order valence-corrected chi connectivity index (χ4v) is 3.74. The van der Waals surface area contributed by atoms with Crippen molar-refractivity contribution in [1.82, 2.24) is 0 Å². The fraction of sp³-hybridized carbons (Fsp3) is 0.0769. The number of carbonyl (C=O) groups is 2. The highest BCUT2D eigenvalue weighted by atomic mass is 19.4. The van der Waals surface area contributed by atoms with Crippen LogP contribution >= 0.6 is 0 Å². The number of halogens is 4. The quantitative estimate of drug-likeness (QED) is 0.368. The predicted octanol–water partition coefficient (Wildman–Crippen LogP) is 6.03. The van der Waals surface area contributed by atoms with Gasteiger partial charge in [-0.2, -0.15) is 13.2 Å². The summed E-state index contributed by atoms with van der Waals surface area (Å²) in [6.45, 7) is 0. The normalized spacial score (nSPS) is 16.5. The van der Waals surface area contributed by atoms with Gasteiger partial charge in [-0.3, -0.25) is 14.5 Å². The van der Waals surface area contributed by atoms with Gasteiger partial charge in [-0.25, -0.2) is 4.39 Å². The van der Waals surface area contributed by atoms with Crippen LogP contribution in [0.2, 0.25) is 0 Å². The molecule has 0 bridgehead atoms. The molecule has 4 rings (SSSR count). The van der Waals surface area contributed by atoms with Crippen molar-refractivity contribution in [3.63, 3.8) is 0 Å². The number of amides is 1. The number of nitrogens with zero attached hydrogens (tertiary/aromatic N) is 1. The van der Waals surface area contributed by atoms with Crippen LogP contribution in [0, 0.1) is 5.82 Å². The summed E-state index contributed by atoms with van der Waals surface area (Å²) in [5.74, 6) is -3.21. The monoisotopic (exact) mass is 467 g/mol. The molecule has 172 valence electrons. The summed E-state index contributed by atoms with van der Waals surface area (Å²) in [6, 6.07) is 16.3. The van der Waals surface area contributed by atoms with Gasteiger partial charge < -0.3 is 5.11 Å². The van der Waals surface area contributed by atoms with Gasteiger partial charge in [0.1, 0.15) is 5.82 Å². The molecule has 1 aliphatic rings. The third-order valence-corrected chi connectivity index (χ3v) is 5.34. The van der Waals surface area contributed by atoms with Crippen molar-refractivity contribution in [3.05, 3.63) is 119 Å². The van der Waals surface area contributed by atoms with Gasteiger partial charge in [0, 0.05) is 5.69 Å². The van der Waals surface area contributed by atoms with Crippen molar-refractivity contribution in [1.29, 1.82) is 0 Å². The third-order valence-electron chi connectivity index (χ3n) is 5.34. The summed E-state index contributed by atoms with van der Waals surface area (Å²) in [4.78, 5) is 27.0. The molecule has 0 aliphatic carbocycles. The van der Waals surface area contributed by atoms with Crippen molar-refractivity contribution in [2.24, 2.45) is 0 Å². The van der Waals surface area contributed by atoms with Gasteiger partial charge in [0.2, 0.25) is 0 Å². The van der Waals surface area contributed by atoms with E-state index in [4.69, 9.17) is 0 Å². The van der Waals surface area contributed by atoms with E-state index >= 15 is 0 Å². The van der Waals surface area contributed by atoms with Gasteiger partial charge in [0.15, 0.2) is 11.5 Å². The molecular formula is C26H17F4NO3. The van der Waals surface area contributed by atoms with Gasteiger partial charge >= 0.3 is 6.18 Å². The third kappa shape index (κ3) is 4.47. The fourth-order valence-electron chi connectivity index (χ4n) is 3.74. The number of allylic oxidation sites excluding steroid dienone is 1. The van der Waals surface area contributed by atoms with Gasteiger partial charge in [0.05, 0.1) is 17.2 Å². The summed E-state index contributed by atoms with van der Waals surface area (Å²) in [6.07, 6.45) is -2.02. The van der Waals surface area contributed by atoms with Crippen molar-refractivity contribution in [2.75, 3.05) is 4.90 Å². The Morgan fingerprint density at radius 2 is 1.62 bits per heavy atom. The van der Waals surface area contributed by atoms with E-state index in [0.29, 0.717) is 5.56 Å². The lowest BCUT2D eigenvalue weighted by Gasteiger charge is -2.27. The van der Waals surface area contributed by atoms with Crippen molar-refractivity contribution >= 4 is 23.5 Å². The zero-order valence-corrected chi connectivity index (χ0v) is 17.5. The largest absolute Gasteiger partial charge is 0.503 e. The van der Waals surface area contributed by atoms with Crippen molar-refractivity contribution in [3.8, 4) is 0 Å². The first-order valence-electron chi connectivity index (χ1n) is 10.1. The maximum Gasteiger partial charge on any atom is 0.416 e. The molecule has 0 saturated carbocycles. The highest BCUT2D eigenvalue weighted by Crippen LogP contribution is 2.42. The maximum absolute atomic E-state index is 13.6. The highest BCUT2D eigenvalue weighted by molar-refractivity contribution is 6.19. The Hall–Kier alpha value is -4.20. The average Bonchev–Trinajstić information content (AvgIpc) is 3.09. The summed E-state index contributed by atoms with van der Waals surface area (Å²) in [7, 11) is 0. The van der Waals surface area contributed by atoms with Gasteiger partial charge in [-0.1, -0.05) is 54.6 Å². The molecule has 1 atom stereocenters. The Kier molecular flexibility index (Phi) is 6.06. The number of alkyl halides is 3. The average molecular weight is 467 g/mol. The second kappa shape index (κ2) is 8.97. The summed E-state index contributed by atoms with van der Waals surface area (Å²) in [5, 5.41) is 10.6. The van der Waals surface area contributed by atoms with Crippen LogP contribution in [0.3, 0.4) is 0 Å². The molecule has 1 N–H and O–H groups in total. The van der Waals surface area contributed by atoms with Crippen molar-refractivity contribution < 1.29 is 32.3 Å². The number of rotatable bonds is 5. The molecule has 0 spiro atoms. The van der Waals surface area contributed by atoms with Crippen LogP contribution in [0.15, 0.2) is 96.3 Å². The van der Waals surface area contributed by atoms with E-state index in [9.17, 15) is 32.3 Å². The van der Waals surface area contributed by atoms with E-state index in [1.165, 1.54) is 30.4 Å². The Morgan fingerprint density at radius 3 is 2.26 bits per heavy atom. The molecule has 1 heterocycles. The molecule has 0 radical (unpaired) electrons. The minimum absolute atomic E-state index is 0.171. The van der Waals surface area contributed by atoms with Gasteiger partial charge in [-0.05, 0) is 47.5 Å². The van der Waals surface area contributed by atoms with Crippen LogP contribution < -0.4 is 4.90 Å². The molecule has 8 heteroatoms. The molecule has 0 saturated heterocycles. The summed E-state index contributed by atoms with van der Waals surface area (Å²) < 4.78 is 53.4. The van der Waals surface area contributed by atoms with E-state index in [1.807, 2.05) is 0 Å². The first-order valence-corrected chi connectivity index (χ1v) is 10.1. The molecule has 3 aromatic carbocycles. The molecule has 1 unspecified atom stereocenters. The minimum atomic E-state index is -4.67. The Bertz CT molecular complexity index is 1300. The lowest BCUT2D eigenvalue weighted by molar-refractivity contribution is -0.137. The zero-order chi connectivity index (χ0) is 24.5. The van der Waals surface area contributed by atoms with E-state index in [1.54, 1.807) is 30.3 Å². The van der Waals surface area contributed by atoms with Crippen molar-refractivity contribution in [2.45, 2.75) is 12.2 Å². The lowest BCUT2D eigenvalue weighted by atomic mass is 9.95. The number of ketones is 1. The summed E-state index contributed by atoms with van der Waals surface area (Å²) in [5.41, 5.74) is -0.559. The van der Waals surface area contributed by atoms with Crippen LogP contribution in [0.4, 0.5) is 23.2 Å². The predicted molar refractivity (Wildman–Crippen MR) is 118 cm³/mol. The molecule has 3 aromatic rings. The molecular weight excluding hydrogens is 450 g/mol. The highest BCUT2D eigenvalue weighted by Gasteiger charge is 2.44. The Labute approximate surface area is 192 Å². The number of carbonyl (C=O) groups excluding carboxylic acids is 2. The topological polar surface area (TPSA) is 57.6 Å². The minimum Gasteiger partial charge on any atom is -0.503 e. The van der Waals surface area contributed by atoms with E-state index in [0.717, 1.165) is 35.2 Å². The number of benzene rings is 3. The SMILES string of the molecule is O=C(/C=C/c1ccccc1)C1=C(O)C(=O)N(c2cccc(C(F)(F)F)c2)C1c1ccc(F)cc1. The van der Waals surface area contributed by atoms with E-state index in [2.05, 4.69) is 0 Å². The second-order valence-electron chi connectivity index (χ2n) is 7.55. The number of aliphatic hydroxyl groups is 1. The second-order valence-corrected chi connectivity index (χ2v) is 7.55. The van der Waals surface area contributed by atoms with E-state index in [-0.39, 0.29) is 16.8 Å². The van der Waals surface area contributed by atoms with Crippen LogP contribution in [0.1, 0.15) is 22.7 Å². The number of hydrogen-bond donors (Lipinski definition) is 1. The first-order chi connectivity index (χ1) is 16.2. The summed E-state index contributed by atoms with van der Waals surface area (Å²) >= 11 is 0. The Morgan fingerprint density at radius 1 is 0.941 bits per heavy atom. The number of hydrogen-bond acceptors (Lipinski definition) is 3. The molecule has 34 heavy (non-hydrogen) atoms. The molecule has 1 aliphatic heterocycles. The molecule has 4 nitrogen and oxygen atoms in total. The standard InChI is InChI=1S/C26H17F4NO3/c27-19-12-10-17(11-13-19)23-22(21(32)14-9-16-5-2-1-3-6-16)24(33)25(34)31(23)20-8-4-7-18(15-20)26(28,29)30/h1-15,23,33H/b14-9+. The van der Waals surface area contributed by atoms with Gasteiger partial charge in [0.25, 0.3) is 5.91 Å². The molecule has 1 amide bonds. The molecule has 0 fully saturated rings. The Balaban J connectivity index is 1.81. The van der Waals surface area contributed by atoms with Crippen LogP contribution in [0.25, 0.3) is 6.08 Å². The van der Waals surface area contributed by atoms with Crippen LogP contribution in [-0.2, 0) is 15.8 Å². The zero-order valence-electron chi connectivity index (χ0n) is 17.5. The smallest absolute Gasteiger partial charge is 0.416 e. The number of aliphatic hydroxyl groups excluding tert-OH is 1. The van der Waals surface area contributed by atoms with E-state index < -0.39 is 41.0 Å². The maximum atomic E-state index is 13.6. The van der Waals surface area contributed by atoms with Crippen LogP contribution in [-0.4, -0.2) is 16.8 Å². The number of anilines is 1. The molecule has 0 aromatic heterocycles. The lowest BCUT2D eigenvalue weighted by Crippen LogP contribution is -2.31. The van der Waals surface area contributed by atoms with Crippen LogP contribution in [0.5, 0.6) is 0 Å². The van der Waals surface area contributed by atoms with Gasteiger partial charge in [-0.15, -0.1) is 0 Å².